The Balaban J connectivity index is 1.79. The Labute approximate surface area is 120 Å². The summed E-state index contributed by atoms with van der Waals surface area (Å²) in [6, 6.07) is 5.67. The van der Waals surface area contributed by atoms with E-state index in [-0.39, 0.29) is 5.91 Å². The van der Waals surface area contributed by atoms with Gasteiger partial charge in [-0.1, -0.05) is 6.07 Å². The van der Waals surface area contributed by atoms with Gasteiger partial charge in [0.15, 0.2) is 0 Å². The van der Waals surface area contributed by atoms with Crippen LogP contribution in [-0.4, -0.2) is 22.3 Å². The van der Waals surface area contributed by atoms with Crippen LogP contribution in [0.5, 0.6) is 0 Å². The number of nitrogens with zero attached hydrogens (tertiary/aromatic N) is 2. The zero-order valence-electron chi connectivity index (χ0n) is 11.1. The van der Waals surface area contributed by atoms with Crippen molar-refractivity contribution >= 4 is 23.8 Å². The molecular weight excluding hydrogens is 268 g/mol. The average Bonchev–Trinajstić information content (AvgIpc) is 2.99. The molecule has 3 heterocycles. The number of carbonyl (C=O) groups is 2. The smallest absolute Gasteiger partial charge is 0.237 e. The lowest BCUT2D eigenvalue weighted by Crippen LogP contribution is -2.35. The van der Waals surface area contributed by atoms with Gasteiger partial charge in [0.1, 0.15) is 5.82 Å². The molecule has 2 amide bonds. The molecule has 6 nitrogen and oxygen atoms in total. The molecule has 0 bridgehead atoms. The van der Waals surface area contributed by atoms with Crippen LogP contribution >= 0.6 is 0 Å². The lowest BCUT2D eigenvalue weighted by atomic mass is 9.80. The monoisotopic (exact) mass is 280 g/mol. The highest BCUT2D eigenvalue weighted by Crippen LogP contribution is 2.46. The molecule has 1 atom stereocenters. The molecule has 2 N–H and O–H groups in total. The molecule has 2 aromatic rings. The Morgan fingerprint density at radius 3 is 3.10 bits per heavy atom. The van der Waals surface area contributed by atoms with Gasteiger partial charge in [0.25, 0.3) is 0 Å². The molecule has 21 heavy (non-hydrogen) atoms. The first-order valence-electron chi connectivity index (χ1n) is 6.68. The van der Waals surface area contributed by atoms with Crippen LogP contribution in [0.1, 0.15) is 16.8 Å². The van der Waals surface area contributed by atoms with Crippen LogP contribution in [0.4, 0.5) is 11.5 Å². The maximum atomic E-state index is 12.5. The van der Waals surface area contributed by atoms with Gasteiger partial charge in [-0.25, -0.2) is 4.98 Å². The Hall–Kier alpha value is -2.76. The highest BCUT2D eigenvalue weighted by Gasteiger charge is 2.51. The molecule has 4 rings (SSSR count). The summed E-state index contributed by atoms with van der Waals surface area (Å²) < 4.78 is 0. The normalized spacial score (nSPS) is 21.8. The van der Waals surface area contributed by atoms with Gasteiger partial charge in [0.2, 0.25) is 12.3 Å². The van der Waals surface area contributed by atoms with Crippen LogP contribution < -0.4 is 10.6 Å². The van der Waals surface area contributed by atoms with Crippen LogP contribution in [0.3, 0.4) is 0 Å². The predicted octanol–water partition coefficient (Wildman–Crippen LogP) is 1.03. The average molecular weight is 280 g/mol. The number of pyridine rings is 2. The van der Waals surface area contributed by atoms with Crippen molar-refractivity contribution in [3.05, 3.63) is 47.4 Å². The van der Waals surface area contributed by atoms with E-state index in [2.05, 4.69) is 20.6 Å². The molecule has 0 saturated heterocycles. The summed E-state index contributed by atoms with van der Waals surface area (Å²) in [5.74, 6) is 0.612. The van der Waals surface area contributed by atoms with E-state index >= 15 is 0 Å². The number of rotatable bonds is 2. The van der Waals surface area contributed by atoms with E-state index in [0.29, 0.717) is 30.8 Å². The van der Waals surface area contributed by atoms with Gasteiger partial charge < -0.3 is 10.6 Å². The van der Waals surface area contributed by atoms with Crippen LogP contribution in [-0.2, 0) is 27.8 Å². The number of hydrogen-bond donors (Lipinski definition) is 2. The molecule has 104 valence electrons. The topological polar surface area (TPSA) is 84.0 Å². The highest BCUT2D eigenvalue weighted by molar-refractivity contribution is 6.06. The molecule has 1 spiro atoms. The van der Waals surface area contributed by atoms with E-state index in [4.69, 9.17) is 0 Å². The molecule has 1 aliphatic carbocycles. The fourth-order valence-electron chi connectivity index (χ4n) is 3.26. The predicted molar refractivity (Wildman–Crippen MR) is 75.9 cm³/mol. The minimum atomic E-state index is -0.612. The third-order valence-corrected chi connectivity index (χ3v) is 4.24. The summed E-state index contributed by atoms with van der Waals surface area (Å²) in [7, 11) is 0. The van der Waals surface area contributed by atoms with Crippen molar-refractivity contribution < 1.29 is 9.59 Å². The number of amides is 2. The molecule has 0 fully saturated rings. The van der Waals surface area contributed by atoms with E-state index in [0.717, 1.165) is 16.8 Å². The summed E-state index contributed by atoms with van der Waals surface area (Å²) >= 11 is 0. The Bertz CT molecular complexity index is 774. The standard InChI is InChI=1S/C15H12N4O2/c20-8-18-10-4-9-5-15(6-12(9)17-7-10)11-2-1-3-16-13(11)19-14(15)21/h1-4,7-8H,5-6H2,(H,18,20)(H,16,19,21). The number of anilines is 2. The van der Waals surface area contributed by atoms with E-state index in [1.54, 1.807) is 12.4 Å². The van der Waals surface area contributed by atoms with Gasteiger partial charge in [-0.2, -0.15) is 0 Å². The maximum Gasteiger partial charge on any atom is 0.237 e. The molecular formula is C15H12N4O2. The van der Waals surface area contributed by atoms with Crippen LogP contribution in [0.2, 0.25) is 0 Å². The van der Waals surface area contributed by atoms with Gasteiger partial charge in [-0.05, 0) is 24.1 Å². The third-order valence-electron chi connectivity index (χ3n) is 4.24. The lowest BCUT2D eigenvalue weighted by molar-refractivity contribution is -0.120. The minimum absolute atomic E-state index is 0.0286. The van der Waals surface area contributed by atoms with Crippen molar-refractivity contribution in [1.82, 2.24) is 9.97 Å². The SMILES string of the molecule is O=CNc1cnc2c(c1)CC1(C2)C(=O)Nc2ncccc21. The van der Waals surface area contributed by atoms with Gasteiger partial charge >= 0.3 is 0 Å². The van der Waals surface area contributed by atoms with Crippen molar-refractivity contribution in [3.8, 4) is 0 Å². The maximum absolute atomic E-state index is 12.5. The second-order valence-electron chi connectivity index (χ2n) is 5.38. The van der Waals surface area contributed by atoms with Gasteiger partial charge in [-0.3, -0.25) is 14.6 Å². The van der Waals surface area contributed by atoms with Gasteiger partial charge in [0.05, 0.1) is 17.3 Å². The van der Waals surface area contributed by atoms with E-state index in [1.807, 2.05) is 18.2 Å². The first kappa shape index (κ1) is 12.0. The fraction of sp³-hybridized carbons (Fsp3) is 0.200. The Kier molecular flexibility index (Phi) is 2.35. The quantitative estimate of drug-likeness (QED) is 0.805. The number of fused-ring (bicyclic) bond motifs is 3. The Morgan fingerprint density at radius 2 is 2.24 bits per heavy atom. The van der Waals surface area contributed by atoms with Crippen molar-refractivity contribution in [2.24, 2.45) is 0 Å². The summed E-state index contributed by atoms with van der Waals surface area (Å²) in [5, 5.41) is 5.45. The molecule has 0 radical (unpaired) electrons. The number of aromatic nitrogens is 2. The van der Waals surface area contributed by atoms with Crippen LogP contribution in [0.15, 0.2) is 30.6 Å². The summed E-state index contributed by atoms with van der Waals surface area (Å²) in [4.78, 5) is 31.6. The second-order valence-corrected chi connectivity index (χ2v) is 5.38. The molecule has 6 heteroatoms. The van der Waals surface area contributed by atoms with Crippen LogP contribution in [0, 0.1) is 0 Å². The van der Waals surface area contributed by atoms with Crippen molar-refractivity contribution in [1.29, 1.82) is 0 Å². The third kappa shape index (κ3) is 1.59. The summed E-state index contributed by atoms with van der Waals surface area (Å²) in [5.41, 5.74) is 2.86. The Morgan fingerprint density at radius 1 is 1.33 bits per heavy atom. The van der Waals surface area contributed by atoms with Crippen LogP contribution in [0.25, 0.3) is 0 Å². The molecule has 0 aromatic carbocycles. The molecule has 0 saturated carbocycles. The lowest BCUT2D eigenvalue weighted by Gasteiger charge is -2.19. The molecule has 2 aliphatic rings. The largest absolute Gasteiger partial charge is 0.327 e. The zero-order valence-corrected chi connectivity index (χ0v) is 11.1. The number of hydrogen-bond acceptors (Lipinski definition) is 4. The van der Waals surface area contributed by atoms with Gasteiger partial charge in [0, 0.05) is 23.9 Å². The van der Waals surface area contributed by atoms with E-state index in [1.165, 1.54) is 0 Å². The number of nitrogens with one attached hydrogen (secondary N) is 2. The molecule has 1 aliphatic heterocycles. The fourth-order valence-corrected chi connectivity index (χ4v) is 3.26. The number of carbonyl (C=O) groups excluding carboxylic acids is 2. The first-order chi connectivity index (χ1) is 10.2. The molecule has 2 aromatic heterocycles. The van der Waals surface area contributed by atoms with Gasteiger partial charge in [-0.15, -0.1) is 0 Å². The first-order valence-corrected chi connectivity index (χ1v) is 6.68. The van der Waals surface area contributed by atoms with Crippen molar-refractivity contribution in [3.63, 3.8) is 0 Å². The van der Waals surface area contributed by atoms with E-state index < -0.39 is 5.41 Å². The van der Waals surface area contributed by atoms with Crippen molar-refractivity contribution in [2.45, 2.75) is 18.3 Å². The summed E-state index contributed by atoms with van der Waals surface area (Å²) in [6.45, 7) is 0. The molecule has 1 unspecified atom stereocenters. The summed E-state index contributed by atoms with van der Waals surface area (Å²) in [6.07, 6.45) is 5.05. The zero-order chi connectivity index (χ0) is 14.4. The van der Waals surface area contributed by atoms with E-state index in [9.17, 15) is 9.59 Å². The van der Waals surface area contributed by atoms with Crippen molar-refractivity contribution in [2.75, 3.05) is 10.6 Å². The second kappa shape index (κ2) is 4.12. The highest BCUT2D eigenvalue weighted by atomic mass is 16.2. The minimum Gasteiger partial charge on any atom is -0.327 e.